The summed E-state index contributed by atoms with van der Waals surface area (Å²) in [6, 6.07) is -0.362. The fraction of sp³-hybridized carbons (Fsp3) is 0.500. The molecule has 1 aromatic rings. The number of aromatic hydroxyl groups is 1. The Morgan fingerprint density at radius 1 is 1.53 bits per heavy atom. The van der Waals surface area contributed by atoms with Crippen molar-refractivity contribution in [2.75, 3.05) is 6.54 Å². The molecule has 5 nitrogen and oxygen atoms in total. The van der Waals surface area contributed by atoms with Crippen LogP contribution in [0.15, 0.2) is 6.20 Å². The highest BCUT2D eigenvalue weighted by molar-refractivity contribution is 5.42. The van der Waals surface area contributed by atoms with Gasteiger partial charge in [-0.3, -0.25) is 4.98 Å². The van der Waals surface area contributed by atoms with E-state index < -0.39 is 0 Å². The van der Waals surface area contributed by atoms with Crippen molar-refractivity contribution in [2.45, 2.75) is 26.0 Å². The van der Waals surface area contributed by atoms with Crippen molar-refractivity contribution in [2.24, 2.45) is 11.5 Å². The minimum Gasteiger partial charge on any atom is -0.506 e. The molecule has 1 heterocycles. The molecule has 1 aromatic heterocycles. The predicted molar refractivity (Wildman–Crippen MR) is 57.2 cm³/mol. The number of nitrogens with two attached hydrogens (primary N) is 2. The van der Waals surface area contributed by atoms with E-state index in [2.05, 4.69) is 4.98 Å². The molecule has 15 heavy (non-hydrogen) atoms. The van der Waals surface area contributed by atoms with E-state index in [1.54, 1.807) is 6.92 Å². The minimum atomic E-state index is -0.362. The molecule has 0 aliphatic carbocycles. The Labute approximate surface area is 88.7 Å². The third-order valence-corrected chi connectivity index (χ3v) is 2.38. The molecule has 6 N–H and O–H groups in total. The lowest BCUT2D eigenvalue weighted by molar-refractivity contribution is 0.277. The molecule has 0 bridgehead atoms. The van der Waals surface area contributed by atoms with Gasteiger partial charge in [-0.05, 0) is 19.9 Å². The molecule has 0 aromatic carbocycles. The molecule has 0 aliphatic rings. The van der Waals surface area contributed by atoms with Crippen LogP contribution in [-0.2, 0) is 6.61 Å². The second-order valence-corrected chi connectivity index (χ2v) is 3.47. The third-order valence-electron chi connectivity index (χ3n) is 2.38. The molecule has 0 fully saturated rings. The SMILES string of the molecule is Cc1ncc(CO)c([C@@H](N)CCN)c1O. The highest BCUT2D eigenvalue weighted by Gasteiger charge is 2.17. The molecule has 0 saturated carbocycles. The monoisotopic (exact) mass is 211 g/mol. The summed E-state index contributed by atoms with van der Waals surface area (Å²) in [5.41, 5.74) is 12.9. The summed E-state index contributed by atoms with van der Waals surface area (Å²) in [5.74, 6) is 0.0579. The molecule has 0 radical (unpaired) electrons. The van der Waals surface area contributed by atoms with Gasteiger partial charge in [-0.2, -0.15) is 0 Å². The quantitative estimate of drug-likeness (QED) is 0.558. The number of aliphatic hydroxyl groups is 1. The molecule has 0 aliphatic heterocycles. The average molecular weight is 211 g/mol. The number of hydrogen-bond acceptors (Lipinski definition) is 5. The number of aromatic nitrogens is 1. The second kappa shape index (κ2) is 5.06. The van der Waals surface area contributed by atoms with Gasteiger partial charge in [0, 0.05) is 23.4 Å². The van der Waals surface area contributed by atoms with Crippen molar-refractivity contribution in [3.05, 3.63) is 23.0 Å². The van der Waals surface area contributed by atoms with Gasteiger partial charge in [-0.15, -0.1) is 0 Å². The van der Waals surface area contributed by atoms with E-state index in [1.807, 2.05) is 0 Å². The molecule has 0 spiro atoms. The summed E-state index contributed by atoms with van der Waals surface area (Å²) < 4.78 is 0. The predicted octanol–water partition coefficient (Wildman–Crippen LogP) is -0.0635. The number of nitrogens with zero attached hydrogens (tertiary/aromatic N) is 1. The molecule has 5 heteroatoms. The van der Waals surface area contributed by atoms with Crippen molar-refractivity contribution in [1.82, 2.24) is 4.98 Å². The van der Waals surface area contributed by atoms with Crippen LogP contribution >= 0.6 is 0 Å². The highest BCUT2D eigenvalue weighted by atomic mass is 16.3. The summed E-state index contributed by atoms with van der Waals surface area (Å²) >= 11 is 0. The van der Waals surface area contributed by atoms with Crippen LogP contribution in [0.2, 0.25) is 0 Å². The summed E-state index contributed by atoms with van der Waals surface area (Å²) in [6.07, 6.45) is 2.09. The lowest BCUT2D eigenvalue weighted by Gasteiger charge is -2.17. The molecule has 84 valence electrons. The summed E-state index contributed by atoms with van der Waals surface area (Å²) in [7, 11) is 0. The minimum absolute atomic E-state index is 0.0579. The van der Waals surface area contributed by atoms with Crippen LogP contribution in [0.5, 0.6) is 5.75 Å². The Kier molecular flexibility index (Phi) is 4.02. The highest BCUT2D eigenvalue weighted by Crippen LogP contribution is 2.29. The fourth-order valence-electron chi connectivity index (χ4n) is 1.52. The lowest BCUT2D eigenvalue weighted by atomic mass is 9.98. The first-order valence-corrected chi connectivity index (χ1v) is 4.85. The fourth-order valence-corrected chi connectivity index (χ4v) is 1.52. The van der Waals surface area contributed by atoms with Crippen molar-refractivity contribution in [3.8, 4) is 5.75 Å². The first kappa shape index (κ1) is 11.9. The van der Waals surface area contributed by atoms with E-state index in [1.165, 1.54) is 6.20 Å². The van der Waals surface area contributed by atoms with Gasteiger partial charge in [0.1, 0.15) is 5.75 Å². The Balaban J connectivity index is 3.17. The zero-order valence-corrected chi connectivity index (χ0v) is 8.77. The summed E-state index contributed by atoms with van der Waals surface area (Å²) in [4.78, 5) is 3.96. The summed E-state index contributed by atoms with van der Waals surface area (Å²) in [5, 5.41) is 18.9. The van der Waals surface area contributed by atoms with E-state index in [0.717, 1.165) is 0 Å². The van der Waals surface area contributed by atoms with Gasteiger partial charge in [0.2, 0.25) is 0 Å². The molecule has 0 saturated heterocycles. The van der Waals surface area contributed by atoms with Gasteiger partial charge in [0.05, 0.1) is 12.3 Å². The maximum absolute atomic E-state index is 9.81. The standard InChI is InChI=1S/C10H17N3O2/c1-6-10(15)9(8(12)2-3-11)7(5-14)4-13-6/h4,8,14-15H,2-3,5,11-12H2,1H3/t8-/m0/s1. The maximum atomic E-state index is 9.81. The van der Waals surface area contributed by atoms with Crippen molar-refractivity contribution in [1.29, 1.82) is 0 Å². The Bertz CT molecular complexity index is 342. The normalized spacial score (nSPS) is 12.8. The number of aryl methyl sites for hydroxylation is 1. The first-order chi connectivity index (χ1) is 7.11. The van der Waals surface area contributed by atoms with Crippen LogP contribution in [-0.4, -0.2) is 21.7 Å². The van der Waals surface area contributed by atoms with Gasteiger partial charge in [-0.1, -0.05) is 0 Å². The van der Waals surface area contributed by atoms with E-state index in [-0.39, 0.29) is 18.4 Å². The first-order valence-electron chi connectivity index (χ1n) is 4.85. The van der Waals surface area contributed by atoms with E-state index in [4.69, 9.17) is 16.6 Å². The number of rotatable bonds is 4. The Hall–Kier alpha value is -1.17. The maximum Gasteiger partial charge on any atom is 0.141 e. The smallest absolute Gasteiger partial charge is 0.141 e. The summed E-state index contributed by atoms with van der Waals surface area (Å²) in [6.45, 7) is 1.94. The van der Waals surface area contributed by atoms with Crippen LogP contribution in [0.4, 0.5) is 0 Å². The molecule has 0 amide bonds. The van der Waals surface area contributed by atoms with E-state index >= 15 is 0 Å². The number of hydrogen-bond donors (Lipinski definition) is 4. The van der Waals surface area contributed by atoms with Crippen LogP contribution < -0.4 is 11.5 Å². The lowest BCUT2D eigenvalue weighted by Crippen LogP contribution is -2.18. The zero-order chi connectivity index (χ0) is 11.4. The topological polar surface area (TPSA) is 105 Å². The van der Waals surface area contributed by atoms with E-state index in [0.29, 0.717) is 29.8 Å². The van der Waals surface area contributed by atoms with Gasteiger partial charge in [0.25, 0.3) is 0 Å². The Morgan fingerprint density at radius 3 is 2.73 bits per heavy atom. The van der Waals surface area contributed by atoms with Crippen LogP contribution in [0.1, 0.15) is 29.3 Å². The van der Waals surface area contributed by atoms with Crippen LogP contribution in [0, 0.1) is 6.92 Å². The average Bonchev–Trinajstić information content (AvgIpc) is 2.22. The van der Waals surface area contributed by atoms with Gasteiger partial charge in [0.15, 0.2) is 0 Å². The second-order valence-electron chi connectivity index (χ2n) is 3.47. The number of aliphatic hydroxyl groups excluding tert-OH is 1. The number of pyridine rings is 1. The third kappa shape index (κ3) is 2.44. The largest absolute Gasteiger partial charge is 0.506 e. The van der Waals surface area contributed by atoms with Crippen molar-refractivity contribution >= 4 is 0 Å². The van der Waals surface area contributed by atoms with Crippen molar-refractivity contribution < 1.29 is 10.2 Å². The van der Waals surface area contributed by atoms with Crippen LogP contribution in [0.3, 0.4) is 0 Å². The molecule has 1 atom stereocenters. The zero-order valence-electron chi connectivity index (χ0n) is 8.77. The van der Waals surface area contributed by atoms with Crippen molar-refractivity contribution in [3.63, 3.8) is 0 Å². The Morgan fingerprint density at radius 2 is 2.20 bits per heavy atom. The van der Waals surface area contributed by atoms with Gasteiger partial charge >= 0.3 is 0 Å². The molecular formula is C10H17N3O2. The van der Waals surface area contributed by atoms with Gasteiger partial charge in [-0.25, -0.2) is 0 Å². The van der Waals surface area contributed by atoms with Crippen LogP contribution in [0.25, 0.3) is 0 Å². The van der Waals surface area contributed by atoms with E-state index in [9.17, 15) is 5.11 Å². The molecule has 0 unspecified atom stereocenters. The molecule has 1 rings (SSSR count). The molecular weight excluding hydrogens is 194 g/mol. The van der Waals surface area contributed by atoms with Gasteiger partial charge < -0.3 is 21.7 Å².